The van der Waals surface area contributed by atoms with Crippen LogP contribution in [0.4, 0.5) is 17.6 Å². The first-order valence-corrected chi connectivity index (χ1v) is 10.1. The summed E-state index contributed by atoms with van der Waals surface area (Å²) < 4.78 is 52.9. The maximum atomic E-state index is 14.1. The Bertz CT molecular complexity index is 1060. The number of hydrogen-bond acceptors (Lipinski definition) is 2. The van der Waals surface area contributed by atoms with Crippen molar-refractivity contribution in [2.45, 2.75) is 56.8 Å². The molecule has 2 aliphatic rings. The zero-order chi connectivity index (χ0) is 22.6. The third-order valence-electron chi connectivity index (χ3n) is 6.46. The second-order valence-corrected chi connectivity index (χ2v) is 8.38. The molecule has 1 unspecified atom stereocenters. The van der Waals surface area contributed by atoms with Crippen molar-refractivity contribution in [1.29, 1.82) is 0 Å². The van der Waals surface area contributed by atoms with Gasteiger partial charge in [-0.2, -0.15) is 13.2 Å². The van der Waals surface area contributed by atoms with E-state index in [1.165, 1.54) is 4.90 Å². The second kappa shape index (κ2) is 7.35. The molecule has 8 heteroatoms. The molecule has 2 aromatic carbocycles. The molecule has 0 bridgehead atoms. The molecule has 0 aromatic heterocycles. The van der Waals surface area contributed by atoms with Crippen LogP contribution < -0.4 is 0 Å². The van der Waals surface area contributed by atoms with Gasteiger partial charge >= 0.3 is 12.1 Å². The van der Waals surface area contributed by atoms with E-state index < -0.39 is 35.0 Å². The summed E-state index contributed by atoms with van der Waals surface area (Å²) in [6.45, 7) is 1.66. The number of aliphatic carboxylic acids is 1. The number of benzene rings is 2. The Kier molecular flexibility index (Phi) is 5.06. The zero-order valence-electron chi connectivity index (χ0n) is 16.8. The summed E-state index contributed by atoms with van der Waals surface area (Å²) in [6, 6.07) is 7.61. The molecule has 1 aliphatic carbocycles. The summed E-state index contributed by atoms with van der Waals surface area (Å²) in [4.78, 5) is 27.3. The molecule has 1 saturated carbocycles. The average molecular weight is 435 g/mol. The number of nitrogens with zero attached hydrogens (tertiary/aromatic N) is 1. The predicted octanol–water partition coefficient (Wildman–Crippen LogP) is 5.29. The lowest BCUT2D eigenvalue weighted by Gasteiger charge is -2.49. The normalized spacial score (nSPS) is 20.2. The summed E-state index contributed by atoms with van der Waals surface area (Å²) in [5.74, 6) is -3.80. The van der Waals surface area contributed by atoms with Gasteiger partial charge in [-0.15, -0.1) is 0 Å². The zero-order valence-corrected chi connectivity index (χ0v) is 16.8. The molecule has 1 N–H and O–H groups in total. The minimum absolute atomic E-state index is 0.162. The fraction of sp³-hybridized carbons (Fsp3) is 0.391. The molecule has 4 rings (SSSR count). The van der Waals surface area contributed by atoms with Gasteiger partial charge in [0.15, 0.2) is 0 Å². The van der Waals surface area contributed by atoms with Crippen LogP contribution in [-0.2, 0) is 17.5 Å². The number of halogens is 4. The minimum atomic E-state index is -4.82. The molecule has 0 radical (unpaired) electrons. The molecule has 164 valence electrons. The number of carboxylic acid groups (broad SMARTS) is 1. The van der Waals surface area contributed by atoms with Gasteiger partial charge in [0, 0.05) is 12.1 Å². The Balaban J connectivity index is 1.81. The van der Waals surface area contributed by atoms with Crippen molar-refractivity contribution in [3.05, 3.63) is 70.0 Å². The average Bonchev–Trinajstić information content (AvgIpc) is 3.13. The van der Waals surface area contributed by atoms with E-state index in [0.717, 1.165) is 30.5 Å². The van der Waals surface area contributed by atoms with Gasteiger partial charge in [0.1, 0.15) is 11.7 Å². The summed E-state index contributed by atoms with van der Waals surface area (Å²) in [5, 5.41) is 10.1. The van der Waals surface area contributed by atoms with Crippen molar-refractivity contribution in [2.75, 3.05) is 0 Å². The van der Waals surface area contributed by atoms with Gasteiger partial charge in [-0.1, -0.05) is 36.6 Å². The van der Waals surface area contributed by atoms with Crippen LogP contribution in [0.5, 0.6) is 0 Å². The Morgan fingerprint density at radius 3 is 2.42 bits per heavy atom. The summed E-state index contributed by atoms with van der Waals surface area (Å²) in [5.41, 5.74) is -0.615. The van der Waals surface area contributed by atoms with E-state index in [-0.39, 0.29) is 23.6 Å². The molecule has 1 aliphatic heterocycles. The van der Waals surface area contributed by atoms with Crippen LogP contribution in [0.15, 0.2) is 36.4 Å². The van der Waals surface area contributed by atoms with Crippen molar-refractivity contribution in [2.24, 2.45) is 0 Å². The van der Waals surface area contributed by atoms with Crippen molar-refractivity contribution < 1.29 is 32.3 Å². The van der Waals surface area contributed by atoms with Crippen LogP contribution in [0.3, 0.4) is 0 Å². The highest BCUT2D eigenvalue weighted by Crippen LogP contribution is 2.51. The first-order chi connectivity index (χ1) is 14.5. The van der Waals surface area contributed by atoms with Gasteiger partial charge in [-0.3, -0.25) is 9.59 Å². The molecule has 1 atom stereocenters. The van der Waals surface area contributed by atoms with Gasteiger partial charge < -0.3 is 10.0 Å². The highest BCUT2D eigenvalue weighted by atomic mass is 19.4. The van der Waals surface area contributed by atoms with Gasteiger partial charge in [0.05, 0.1) is 11.1 Å². The number of fused-ring (bicyclic) bond motifs is 1. The summed E-state index contributed by atoms with van der Waals surface area (Å²) >= 11 is 0. The number of carbonyl (C=O) groups is 2. The minimum Gasteiger partial charge on any atom is -0.481 e. The number of rotatable bonds is 3. The van der Waals surface area contributed by atoms with Crippen molar-refractivity contribution >= 4 is 11.9 Å². The molecule has 1 spiro atoms. The lowest BCUT2D eigenvalue weighted by atomic mass is 9.71. The van der Waals surface area contributed by atoms with Gasteiger partial charge in [0.2, 0.25) is 0 Å². The maximum Gasteiger partial charge on any atom is 0.419 e. The first-order valence-electron chi connectivity index (χ1n) is 10.1. The number of carbonyl (C=O) groups excluding carboxylic acids is 1. The van der Waals surface area contributed by atoms with E-state index in [9.17, 15) is 32.3 Å². The third-order valence-corrected chi connectivity index (χ3v) is 6.46. The van der Waals surface area contributed by atoms with Crippen LogP contribution in [0, 0.1) is 12.7 Å². The third kappa shape index (κ3) is 3.47. The Morgan fingerprint density at radius 1 is 1.16 bits per heavy atom. The lowest BCUT2D eigenvalue weighted by molar-refractivity contribution is -0.143. The Labute approximate surface area is 176 Å². The number of hydrogen-bond donors (Lipinski definition) is 1. The van der Waals surface area contributed by atoms with Gasteiger partial charge in [-0.25, -0.2) is 4.39 Å². The van der Waals surface area contributed by atoms with Gasteiger partial charge in [0.25, 0.3) is 5.91 Å². The Morgan fingerprint density at radius 2 is 1.84 bits per heavy atom. The van der Waals surface area contributed by atoms with Crippen LogP contribution in [0.2, 0.25) is 0 Å². The van der Waals surface area contributed by atoms with Crippen molar-refractivity contribution in [3.8, 4) is 0 Å². The van der Waals surface area contributed by atoms with Crippen LogP contribution in [0.1, 0.15) is 64.2 Å². The van der Waals surface area contributed by atoms with E-state index in [1.54, 1.807) is 18.2 Å². The number of alkyl halides is 3. The van der Waals surface area contributed by atoms with E-state index in [4.69, 9.17) is 0 Å². The second-order valence-electron chi connectivity index (χ2n) is 8.38. The molecule has 1 heterocycles. The van der Waals surface area contributed by atoms with Gasteiger partial charge in [-0.05, 0) is 49.1 Å². The molecule has 1 fully saturated rings. The highest BCUT2D eigenvalue weighted by Gasteiger charge is 2.55. The number of amides is 1. The highest BCUT2D eigenvalue weighted by molar-refractivity contribution is 6.01. The number of aryl methyl sites for hydroxylation is 1. The SMILES string of the molecule is Cc1ccc2c(c1)C(C(=O)O)C1(CCCC1)N(Cc1ccc(C(F)(F)F)c(F)c1)C2=O. The largest absolute Gasteiger partial charge is 0.481 e. The molecule has 0 saturated heterocycles. The monoisotopic (exact) mass is 435 g/mol. The topological polar surface area (TPSA) is 57.6 Å². The van der Waals surface area contributed by atoms with Crippen LogP contribution in [-0.4, -0.2) is 27.4 Å². The lowest BCUT2D eigenvalue weighted by Crippen LogP contribution is -2.58. The standard InChI is InChI=1S/C23H21F4NO3/c1-13-4-6-15-16(10-13)19(21(30)31)22(8-2-3-9-22)28(20(15)29)12-14-5-7-17(18(24)11-14)23(25,26)27/h4-7,10-11,19H,2-3,8-9,12H2,1H3,(H,30,31). The number of carboxylic acids is 1. The molecule has 1 amide bonds. The van der Waals surface area contributed by atoms with E-state index in [0.29, 0.717) is 24.5 Å². The fourth-order valence-electron chi connectivity index (χ4n) is 5.12. The molecule has 31 heavy (non-hydrogen) atoms. The molecular formula is C23H21F4NO3. The molecular weight excluding hydrogens is 414 g/mol. The van der Waals surface area contributed by atoms with Crippen molar-refractivity contribution in [1.82, 2.24) is 4.90 Å². The summed E-state index contributed by atoms with van der Waals surface area (Å²) in [6.07, 6.45) is -2.42. The van der Waals surface area contributed by atoms with Crippen molar-refractivity contribution in [3.63, 3.8) is 0 Å². The predicted molar refractivity (Wildman–Crippen MR) is 104 cm³/mol. The van der Waals surface area contributed by atoms with Crippen LogP contribution in [0.25, 0.3) is 0 Å². The first kappa shape index (κ1) is 21.3. The van der Waals surface area contributed by atoms with E-state index in [2.05, 4.69) is 0 Å². The van der Waals surface area contributed by atoms with E-state index in [1.807, 2.05) is 6.92 Å². The maximum absolute atomic E-state index is 14.1. The van der Waals surface area contributed by atoms with Crippen LogP contribution >= 0.6 is 0 Å². The molecule has 2 aromatic rings. The fourth-order valence-corrected chi connectivity index (χ4v) is 5.12. The quantitative estimate of drug-likeness (QED) is 0.667. The Hall–Kier alpha value is -2.90. The van der Waals surface area contributed by atoms with E-state index >= 15 is 0 Å². The smallest absolute Gasteiger partial charge is 0.419 e. The molecule has 4 nitrogen and oxygen atoms in total. The summed E-state index contributed by atoms with van der Waals surface area (Å²) in [7, 11) is 0.